The number of hydrogen-bond acceptors (Lipinski definition) is 8. The summed E-state index contributed by atoms with van der Waals surface area (Å²) in [4.78, 5) is 23.5. The van der Waals surface area contributed by atoms with Crippen LogP contribution >= 0.6 is 0 Å². The van der Waals surface area contributed by atoms with Crippen LogP contribution in [0.15, 0.2) is 103 Å². The zero-order valence-corrected chi connectivity index (χ0v) is 23.5. The van der Waals surface area contributed by atoms with E-state index in [4.69, 9.17) is 15.7 Å². The summed E-state index contributed by atoms with van der Waals surface area (Å²) in [6, 6.07) is 34.3. The molecule has 1 fully saturated rings. The van der Waals surface area contributed by atoms with Gasteiger partial charge in [-0.1, -0.05) is 48.5 Å². The van der Waals surface area contributed by atoms with Crippen LogP contribution in [-0.4, -0.2) is 55.6 Å². The lowest BCUT2D eigenvalue weighted by Crippen LogP contribution is -2.46. The number of anilines is 2. The van der Waals surface area contributed by atoms with Crippen LogP contribution in [-0.2, 0) is 6.54 Å². The van der Waals surface area contributed by atoms with Gasteiger partial charge in [0.2, 0.25) is 0 Å². The van der Waals surface area contributed by atoms with Crippen molar-refractivity contribution >= 4 is 22.8 Å². The molecule has 0 atom stereocenters. The molecular formula is C34H29N9. The minimum Gasteiger partial charge on any atom is -0.383 e. The second-order valence-electron chi connectivity index (χ2n) is 10.5. The van der Waals surface area contributed by atoms with Crippen molar-refractivity contribution in [3.05, 3.63) is 115 Å². The quantitative estimate of drug-likeness (QED) is 0.290. The number of hydrogen-bond donors (Lipinski definition) is 1. The van der Waals surface area contributed by atoms with E-state index >= 15 is 0 Å². The first-order valence-electron chi connectivity index (χ1n) is 14.3. The molecule has 1 saturated heterocycles. The molecule has 0 aliphatic carbocycles. The Bertz CT molecular complexity index is 1930. The van der Waals surface area contributed by atoms with Gasteiger partial charge < -0.3 is 10.6 Å². The zero-order valence-electron chi connectivity index (χ0n) is 23.5. The van der Waals surface area contributed by atoms with Crippen LogP contribution in [0.2, 0.25) is 0 Å². The van der Waals surface area contributed by atoms with Gasteiger partial charge in [-0.25, -0.2) is 19.9 Å². The fraction of sp³-hybridized carbons (Fsp3) is 0.147. The molecule has 0 saturated carbocycles. The third kappa shape index (κ3) is 5.27. The molecule has 5 heterocycles. The van der Waals surface area contributed by atoms with Gasteiger partial charge in [-0.15, -0.1) is 0 Å². The average Bonchev–Trinajstić information content (AvgIpc) is 3.44. The molecule has 2 N–H and O–H groups in total. The minimum absolute atomic E-state index is 0.424. The van der Waals surface area contributed by atoms with Crippen molar-refractivity contribution in [1.82, 2.24) is 29.4 Å². The molecule has 0 amide bonds. The van der Waals surface area contributed by atoms with E-state index < -0.39 is 0 Å². The highest BCUT2D eigenvalue weighted by Crippen LogP contribution is 2.32. The third-order valence-corrected chi connectivity index (χ3v) is 7.80. The van der Waals surface area contributed by atoms with Crippen LogP contribution in [0.3, 0.4) is 0 Å². The largest absolute Gasteiger partial charge is 0.383 e. The summed E-state index contributed by atoms with van der Waals surface area (Å²) in [5.41, 5.74) is 13.2. The molecule has 6 aromatic rings. The second-order valence-corrected chi connectivity index (χ2v) is 10.5. The number of piperazine rings is 1. The summed E-state index contributed by atoms with van der Waals surface area (Å²) in [6.45, 7) is 4.42. The molecule has 0 spiro atoms. The fourth-order valence-electron chi connectivity index (χ4n) is 5.56. The van der Waals surface area contributed by atoms with Crippen LogP contribution in [0.1, 0.15) is 11.3 Å². The smallest absolute Gasteiger partial charge is 0.165 e. The third-order valence-electron chi connectivity index (χ3n) is 7.80. The molecule has 4 aromatic heterocycles. The summed E-state index contributed by atoms with van der Waals surface area (Å²) in [7, 11) is 0. The monoisotopic (exact) mass is 563 g/mol. The predicted octanol–water partition coefficient (Wildman–Crippen LogP) is 5.32. The van der Waals surface area contributed by atoms with E-state index in [1.54, 1.807) is 12.3 Å². The van der Waals surface area contributed by atoms with Crippen LogP contribution < -0.4 is 10.6 Å². The van der Waals surface area contributed by atoms with E-state index in [1.165, 1.54) is 5.56 Å². The van der Waals surface area contributed by atoms with Gasteiger partial charge in [-0.3, -0.25) is 9.47 Å². The first-order chi connectivity index (χ1) is 21.2. The van der Waals surface area contributed by atoms with E-state index in [2.05, 4.69) is 66.8 Å². The fourth-order valence-corrected chi connectivity index (χ4v) is 5.56. The molecule has 43 heavy (non-hydrogen) atoms. The van der Waals surface area contributed by atoms with Crippen molar-refractivity contribution in [1.29, 1.82) is 5.26 Å². The minimum atomic E-state index is 0.424. The Morgan fingerprint density at radius 1 is 0.767 bits per heavy atom. The summed E-state index contributed by atoms with van der Waals surface area (Å²) in [6.07, 6.45) is 1.69. The number of benzene rings is 2. The number of nitriles is 1. The Balaban J connectivity index is 1.17. The summed E-state index contributed by atoms with van der Waals surface area (Å²) in [5.74, 6) is 1.99. The van der Waals surface area contributed by atoms with E-state index in [0.29, 0.717) is 17.3 Å². The number of rotatable bonds is 6. The Kier molecular flexibility index (Phi) is 6.95. The SMILES string of the molecule is N#Cc1cccc(N2CCN(Cc3ccc(-n4c(-c5cccnc5N)nc5ccc(-c6ccccc6)nc54)cc3)CC2)n1. The molecular weight excluding hydrogens is 534 g/mol. The highest BCUT2D eigenvalue weighted by atomic mass is 15.3. The van der Waals surface area contributed by atoms with Crippen LogP contribution in [0, 0.1) is 11.3 Å². The van der Waals surface area contributed by atoms with Crippen molar-refractivity contribution in [2.45, 2.75) is 6.54 Å². The lowest BCUT2D eigenvalue weighted by atomic mass is 10.1. The average molecular weight is 564 g/mol. The van der Waals surface area contributed by atoms with E-state index in [0.717, 1.165) is 72.2 Å². The van der Waals surface area contributed by atoms with Gasteiger partial charge in [0.15, 0.2) is 11.5 Å². The summed E-state index contributed by atoms with van der Waals surface area (Å²) >= 11 is 0. The standard InChI is InChI=1S/C34H29N9/c35-22-26-8-4-10-31(38-26)42-20-18-41(19-21-42)23-24-11-13-27(14-12-24)43-33(28-9-5-17-37-32(28)36)40-30-16-15-29(39-34(30)43)25-6-2-1-3-7-25/h1-17H,18-21,23H2,(H2,36,37). The molecule has 0 radical (unpaired) electrons. The van der Waals surface area contributed by atoms with E-state index in [-0.39, 0.29) is 0 Å². The topological polar surface area (TPSA) is 113 Å². The van der Waals surface area contributed by atoms with Crippen LogP contribution in [0.5, 0.6) is 0 Å². The zero-order chi connectivity index (χ0) is 29.2. The lowest BCUT2D eigenvalue weighted by Gasteiger charge is -2.35. The molecule has 0 bridgehead atoms. The first kappa shape index (κ1) is 26.3. The first-order valence-corrected chi connectivity index (χ1v) is 14.3. The molecule has 0 unspecified atom stereocenters. The van der Waals surface area contributed by atoms with Gasteiger partial charge in [0.1, 0.15) is 28.9 Å². The maximum Gasteiger partial charge on any atom is 0.165 e. The molecule has 1 aliphatic heterocycles. The maximum atomic E-state index is 9.19. The van der Waals surface area contributed by atoms with Gasteiger partial charge in [0.25, 0.3) is 0 Å². The van der Waals surface area contributed by atoms with Crippen molar-refractivity contribution in [3.8, 4) is 34.4 Å². The number of pyridine rings is 3. The number of imidazole rings is 1. The number of nitrogen functional groups attached to an aromatic ring is 1. The molecule has 2 aromatic carbocycles. The second kappa shape index (κ2) is 11.4. The normalized spacial score (nSPS) is 13.7. The molecule has 9 nitrogen and oxygen atoms in total. The van der Waals surface area contributed by atoms with Crippen LogP contribution in [0.4, 0.5) is 11.6 Å². The van der Waals surface area contributed by atoms with Gasteiger partial charge in [0, 0.05) is 50.2 Å². The summed E-state index contributed by atoms with van der Waals surface area (Å²) in [5, 5.41) is 9.19. The van der Waals surface area contributed by atoms with Crippen molar-refractivity contribution in [2.75, 3.05) is 36.8 Å². The number of fused-ring (bicyclic) bond motifs is 1. The highest BCUT2D eigenvalue weighted by Gasteiger charge is 2.20. The number of nitrogens with zero attached hydrogens (tertiary/aromatic N) is 8. The van der Waals surface area contributed by atoms with Gasteiger partial charge >= 0.3 is 0 Å². The molecule has 1 aliphatic rings. The Hall–Kier alpha value is -5.59. The van der Waals surface area contributed by atoms with Gasteiger partial charge in [-0.05, 0) is 54.1 Å². The maximum absolute atomic E-state index is 9.19. The van der Waals surface area contributed by atoms with E-state index in [1.807, 2.05) is 54.6 Å². The van der Waals surface area contributed by atoms with Crippen LogP contribution in [0.25, 0.3) is 39.5 Å². The highest BCUT2D eigenvalue weighted by molar-refractivity contribution is 5.84. The Labute approximate surface area is 249 Å². The predicted molar refractivity (Wildman–Crippen MR) is 168 cm³/mol. The molecule has 9 heteroatoms. The number of aromatic nitrogens is 5. The van der Waals surface area contributed by atoms with Crippen molar-refractivity contribution in [2.24, 2.45) is 0 Å². The molecule has 210 valence electrons. The van der Waals surface area contributed by atoms with Crippen molar-refractivity contribution < 1.29 is 0 Å². The van der Waals surface area contributed by atoms with Gasteiger partial charge in [-0.2, -0.15) is 5.26 Å². The summed E-state index contributed by atoms with van der Waals surface area (Å²) < 4.78 is 2.07. The number of nitrogens with two attached hydrogens (primary N) is 1. The lowest BCUT2D eigenvalue weighted by molar-refractivity contribution is 0.249. The Morgan fingerprint density at radius 2 is 1.58 bits per heavy atom. The Morgan fingerprint density at radius 3 is 2.35 bits per heavy atom. The van der Waals surface area contributed by atoms with Gasteiger partial charge in [0.05, 0.1) is 11.3 Å². The molecule has 7 rings (SSSR count). The van der Waals surface area contributed by atoms with E-state index in [9.17, 15) is 5.26 Å². The van der Waals surface area contributed by atoms with Crippen molar-refractivity contribution in [3.63, 3.8) is 0 Å².